The summed E-state index contributed by atoms with van der Waals surface area (Å²) in [4.78, 5) is 12.4. The number of nitrogens with two attached hydrogens (primary N) is 1. The SMILES string of the molecule is COc1ccc(CCNC(=O)/C(Cc2cc(Br)c(OCCCN)c(Br)c2)=N/O)cc1. The van der Waals surface area contributed by atoms with Crippen molar-refractivity contribution >= 4 is 43.5 Å². The third-order valence-corrected chi connectivity index (χ3v) is 5.44. The van der Waals surface area contributed by atoms with E-state index in [9.17, 15) is 10.0 Å². The first kappa shape index (κ1) is 24.2. The first-order chi connectivity index (χ1) is 14.5. The van der Waals surface area contributed by atoms with Crippen LogP contribution in [0.3, 0.4) is 0 Å². The molecule has 30 heavy (non-hydrogen) atoms. The van der Waals surface area contributed by atoms with Gasteiger partial charge in [0.05, 0.1) is 22.7 Å². The van der Waals surface area contributed by atoms with Gasteiger partial charge in [-0.05, 0) is 86.6 Å². The average Bonchev–Trinajstić information content (AvgIpc) is 2.74. The van der Waals surface area contributed by atoms with Gasteiger partial charge in [0.1, 0.15) is 17.2 Å². The van der Waals surface area contributed by atoms with Crippen molar-refractivity contribution in [1.29, 1.82) is 0 Å². The summed E-state index contributed by atoms with van der Waals surface area (Å²) in [7, 11) is 1.62. The van der Waals surface area contributed by atoms with Crippen LogP contribution in [0.15, 0.2) is 50.5 Å². The second-order valence-corrected chi connectivity index (χ2v) is 8.17. The van der Waals surface area contributed by atoms with Crippen molar-refractivity contribution in [1.82, 2.24) is 5.32 Å². The van der Waals surface area contributed by atoms with Crippen molar-refractivity contribution in [3.8, 4) is 11.5 Å². The Bertz CT molecular complexity index is 850. The van der Waals surface area contributed by atoms with Crippen LogP contribution >= 0.6 is 31.9 Å². The Morgan fingerprint density at radius 3 is 2.40 bits per heavy atom. The van der Waals surface area contributed by atoms with Gasteiger partial charge in [-0.3, -0.25) is 4.79 Å². The highest BCUT2D eigenvalue weighted by atomic mass is 79.9. The fourth-order valence-electron chi connectivity index (χ4n) is 2.68. The normalized spacial score (nSPS) is 11.3. The molecule has 0 radical (unpaired) electrons. The van der Waals surface area contributed by atoms with Crippen LogP contribution in [0.1, 0.15) is 17.5 Å². The average molecular weight is 543 g/mol. The Balaban J connectivity index is 1.92. The topological polar surface area (TPSA) is 106 Å². The molecule has 0 aromatic heterocycles. The summed E-state index contributed by atoms with van der Waals surface area (Å²) < 4.78 is 12.3. The van der Waals surface area contributed by atoms with Crippen molar-refractivity contribution in [2.75, 3.05) is 26.8 Å². The number of hydrogen-bond acceptors (Lipinski definition) is 6. The number of benzene rings is 2. The van der Waals surface area contributed by atoms with Gasteiger partial charge < -0.3 is 25.7 Å². The first-order valence-corrected chi connectivity index (χ1v) is 11.0. The van der Waals surface area contributed by atoms with Gasteiger partial charge in [-0.2, -0.15) is 0 Å². The van der Waals surface area contributed by atoms with Crippen molar-refractivity contribution in [3.05, 3.63) is 56.5 Å². The van der Waals surface area contributed by atoms with E-state index in [1.54, 1.807) is 7.11 Å². The van der Waals surface area contributed by atoms with Crippen LogP contribution in [0.4, 0.5) is 0 Å². The summed E-state index contributed by atoms with van der Waals surface area (Å²) in [5.41, 5.74) is 7.37. The summed E-state index contributed by atoms with van der Waals surface area (Å²) in [6.07, 6.45) is 1.57. The summed E-state index contributed by atoms with van der Waals surface area (Å²) in [5, 5.41) is 15.3. The molecule has 4 N–H and O–H groups in total. The highest BCUT2D eigenvalue weighted by Gasteiger charge is 2.16. The molecule has 0 saturated carbocycles. The summed E-state index contributed by atoms with van der Waals surface area (Å²) in [6.45, 7) is 1.48. The third kappa shape index (κ3) is 7.30. The van der Waals surface area contributed by atoms with E-state index < -0.39 is 5.91 Å². The number of ether oxygens (including phenoxy) is 2. The highest BCUT2D eigenvalue weighted by Crippen LogP contribution is 2.35. The van der Waals surface area contributed by atoms with Crippen molar-refractivity contribution in [2.45, 2.75) is 19.3 Å². The number of nitrogens with one attached hydrogen (secondary N) is 1. The first-order valence-electron chi connectivity index (χ1n) is 9.41. The minimum atomic E-state index is -0.415. The molecule has 0 unspecified atom stereocenters. The molecule has 0 bridgehead atoms. The molecule has 0 fully saturated rings. The predicted octanol–water partition coefficient (Wildman–Crippen LogP) is 3.68. The van der Waals surface area contributed by atoms with E-state index in [1.807, 2.05) is 36.4 Å². The molecule has 0 heterocycles. The van der Waals surface area contributed by atoms with Gasteiger partial charge in [-0.25, -0.2) is 0 Å². The molecule has 9 heteroatoms. The van der Waals surface area contributed by atoms with Gasteiger partial charge in [-0.15, -0.1) is 0 Å². The second-order valence-electron chi connectivity index (χ2n) is 6.46. The Morgan fingerprint density at radius 1 is 1.17 bits per heavy atom. The molecular formula is C21H25Br2N3O4. The minimum Gasteiger partial charge on any atom is -0.497 e. The summed E-state index contributed by atoms with van der Waals surface area (Å²) >= 11 is 6.96. The van der Waals surface area contributed by atoms with E-state index >= 15 is 0 Å². The van der Waals surface area contributed by atoms with E-state index in [4.69, 9.17) is 15.2 Å². The lowest BCUT2D eigenvalue weighted by molar-refractivity contribution is -0.115. The molecule has 0 saturated heterocycles. The summed E-state index contributed by atoms with van der Waals surface area (Å²) in [6, 6.07) is 11.3. The van der Waals surface area contributed by atoms with Crippen LogP contribution in [-0.2, 0) is 17.6 Å². The molecule has 2 aromatic rings. The second kappa shape index (κ2) is 12.6. The Hall–Kier alpha value is -2.10. The quantitative estimate of drug-likeness (QED) is 0.174. The molecule has 0 aliphatic rings. The van der Waals surface area contributed by atoms with Crippen molar-refractivity contribution in [3.63, 3.8) is 0 Å². The van der Waals surface area contributed by atoms with Crippen LogP contribution in [0.25, 0.3) is 0 Å². The van der Waals surface area contributed by atoms with Gasteiger partial charge in [0.2, 0.25) is 0 Å². The number of hydrogen-bond donors (Lipinski definition) is 3. The molecule has 1 amide bonds. The molecule has 0 spiro atoms. The molecule has 0 aliphatic carbocycles. The van der Waals surface area contributed by atoms with Crippen LogP contribution in [-0.4, -0.2) is 43.6 Å². The van der Waals surface area contributed by atoms with Gasteiger partial charge in [0.15, 0.2) is 0 Å². The Morgan fingerprint density at radius 2 is 1.83 bits per heavy atom. The number of carbonyl (C=O) groups excluding carboxylic acids is 1. The third-order valence-electron chi connectivity index (χ3n) is 4.27. The number of methoxy groups -OCH3 is 1. The van der Waals surface area contributed by atoms with Gasteiger partial charge in [-0.1, -0.05) is 17.3 Å². The van der Waals surface area contributed by atoms with Crippen LogP contribution < -0.4 is 20.5 Å². The van der Waals surface area contributed by atoms with Crippen LogP contribution in [0, 0.1) is 0 Å². The fourth-order valence-corrected chi connectivity index (χ4v) is 4.19. The van der Waals surface area contributed by atoms with E-state index in [-0.39, 0.29) is 12.1 Å². The maximum atomic E-state index is 12.4. The molecule has 162 valence electrons. The van der Waals surface area contributed by atoms with E-state index in [2.05, 4.69) is 42.3 Å². The standard InChI is InChI=1S/C21H25Br2N3O4/c1-29-16-5-3-14(4-6-16)7-9-25-21(27)19(26-28)13-15-11-17(22)20(18(23)12-15)30-10-2-8-24/h3-6,11-12,28H,2,7-10,13,24H2,1H3,(H,25,27)/b26-19+. The molecule has 0 aliphatic heterocycles. The molecule has 0 atom stereocenters. The molecule has 2 rings (SSSR count). The maximum absolute atomic E-state index is 12.4. The number of carbonyl (C=O) groups is 1. The molecule has 7 nitrogen and oxygen atoms in total. The summed E-state index contributed by atoms with van der Waals surface area (Å²) in [5.74, 6) is 1.03. The molecular weight excluding hydrogens is 518 g/mol. The monoisotopic (exact) mass is 541 g/mol. The van der Waals surface area contributed by atoms with Gasteiger partial charge >= 0.3 is 0 Å². The van der Waals surface area contributed by atoms with Crippen molar-refractivity contribution < 1.29 is 19.5 Å². The van der Waals surface area contributed by atoms with Crippen molar-refractivity contribution in [2.24, 2.45) is 10.9 Å². The Kier molecular flexibility index (Phi) is 10.1. The van der Waals surface area contributed by atoms with Crippen LogP contribution in [0.5, 0.6) is 11.5 Å². The van der Waals surface area contributed by atoms with E-state index in [0.29, 0.717) is 31.9 Å². The lowest BCUT2D eigenvalue weighted by Crippen LogP contribution is -2.33. The predicted molar refractivity (Wildman–Crippen MR) is 124 cm³/mol. The Labute approximate surface area is 192 Å². The zero-order valence-corrected chi connectivity index (χ0v) is 19.8. The zero-order valence-electron chi connectivity index (χ0n) is 16.7. The maximum Gasteiger partial charge on any atom is 0.269 e. The largest absolute Gasteiger partial charge is 0.497 e. The highest BCUT2D eigenvalue weighted by molar-refractivity contribution is 9.11. The number of oxime groups is 1. The van der Waals surface area contributed by atoms with Gasteiger partial charge in [0.25, 0.3) is 5.91 Å². The fraction of sp³-hybridized carbons (Fsp3) is 0.333. The lowest BCUT2D eigenvalue weighted by Gasteiger charge is -2.12. The number of amides is 1. The van der Waals surface area contributed by atoms with E-state index in [0.717, 1.165) is 32.2 Å². The molecule has 2 aromatic carbocycles. The van der Waals surface area contributed by atoms with Crippen LogP contribution in [0.2, 0.25) is 0 Å². The minimum absolute atomic E-state index is 0.0281. The number of halogens is 2. The number of nitrogens with zero attached hydrogens (tertiary/aromatic N) is 1. The number of rotatable bonds is 11. The smallest absolute Gasteiger partial charge is 0.269 e. The zero-order chi connectivity index (χ0) is 21.9. The van der Waals surface area contributed by atoms with Gasteiger partial charge in [0, 0.05) is 13.0 Å². The lowest BCUT2D eigenvalue weighted by atomic mass is 10.1. The van der Waals surface area contributed by atoms with E-state index in [1.165, 1.54) is 0 Å².